The van der Waals surface area contributed by atoms with E-state index in [-0.39, 0.29) is 5.91 Å². The van der Waals surface area contributed by atoms with Crippen molar-refractivity contribution in [2.75, 3.05) is 0 Å². The molecule has 2 rings (SSSR count). The van der Waals surface area contributed by atoms with E-state index < -0.39 is 0 Å². The molecule has 2 aromatic rings. The molecule has 4 nitrogen and oxygen atoms in total. The lowest BCUT2D eigenvalue weighted by molar-refractivity contribution is 0.0951. The van der Waals surface area contributed by atoms with Crippen molar-refractivity contribution in [3.8, 4) is 0 Å². The first kappa shape index (κ1) is 10.4. The van der Waals surface area contributed by atoms with Gasteiger partial charge in [0.2, 0.25) is 0 Å². The third-order valence-electron chi connectivity index (χ3n) is 1.86. The summed E-state index contributed by atoms with van der Waals surface area (Å²) in [6.45, 7) is 0.530. The Bertz CT molecular complexity index is 452. The first-order chi connectivity index (χ1) is 7.27. The molecule has 0 aliphatic heterocycles. The number of thiophene rings is 1. The first-order valence-corrected chi connectivity index (χ1v) is 5.93. The number of halogens is 1. The van der Waals surface area contributed by atoms with Crippen LogP contribution in [-0.4, -0.2) is 16.1 Å². The summed E-state index contributed by atoms with van der Waals surface area (Å²) >= 11 is 5.01. The summed E-state index contributed by atoms with van der Waals surface area (Å²) in [5, 5.41) is 11.1. The van der Waals surface area contributed by atoms with Gasteiger partial charge >= 0.3 is 0 Å². The number of aromatic amines is 1. The van der Waals surface area contributed by atoms with Crippen molar-refractivity contribution in [3.05, 3.63) is 38.8 Å². The number of carbonyl (C=O) groups excluding carboxylic acids is 1. The standard InChI is InChI=1S/C9H8BrN3OS/c10-7-1-2-15-8(7)5-11-9(14)6-3-12-13-4-6/h1-4H,5H2,(H,11,14)(H,12,13). The molecule has 0 saturated carbocycles. The molecule has 0 atom stereocenters. The Balaban J connectivity index is 1.95. The lowest BCUT2D eigenvalue weighted by atomic mass is 10.3. The second-order valence-electron chi connectivity index (χ2n) is 2.86. The van der Waals surface area contributed by atoms with E-state index in [0.717, 1.165) is 9.35 Å². The summed E-state index contributed by atoms with van der Waals surface area (Å²) in [7, 11) is 0. The minimum Gasteiger partial charge on any atom is -0.347 e. The van der Waals surface area contributed by atoms with E-state index in [1.807, 2.05) is 11.4 Å². The molecule has 2 N–H and O–H groups in total. The van der Waals surface area contributed by atoms with Gasteiger partial charge in [0.25, 0.3) is 5.91 Å². The Hall–Kier alpha value is -1.14. The Morgan fingerprint density at radius 2 is 2.53 bits per heavy atom. The van der Waals surface area contributed by atoms with Gasteiger partial charge in [-0.05, 0) is 27.4 Å². The van der Waals surface area contributed by atoms with Crippen molar-refractivity contribution in [3.63, 3.8) is 0 Å². The van der Waals surface area contributed by atoms with E-state index in [9.17, 15) is 4.79 Å². The molecule has 0 fully saturated rings. The summed E-state index contributed by atoms with van der Waals surface area (Å²) < 4.78 is 1.03. The van der Waals surface area contributed by atoms with Gasteiger partial charge in [0.15, 0.2) is 0 Å². The number of amides is 1. The molecule has 78 valence electrons. The predicted octanol–water partition coefficient (Wildman–Crippen LogP) is 2.16. The normalized spacial score (nSPS) is 10.2. The Labute approximate surface area is 98.8 Å². The van der Waals surface area contributed by atoms with Crippen molar-refractivity contribution < 1.29 is 4.79 Å². The van der Waals surface area contributed by atoms with Gasteiger partial charge in [-0.25, -0.2) is 0 Å². The van der Waals surface area contributed by atoms with Crippen LogP contribution in [0.2, 0.25) is 0 Å². The number of rotatable bonds is 3. The molecule has 6 heteroatoms. The first-order valence-electron chi connectivity index (χ1n) is 4.26. The zero-order chi connectivity index (χ0) is 10.7. The van der Waals surface area contributed by atoms with Gasteiger partial charge in [-0.15, -0.1) is 11.3 Å². The van der Waals surface area contributed by atoms with E-state index in [0.29, 0.717) is 12.1 Å². The SMILES string of the molecule is O=C(NCc1sccc1Br)c1cn[nH]c1. The number of nitrogens with one attached hydrogen (secondary N) is 2. The maximum atomic E-state index is 11.5. The maximum Gasteiger partial charge on any atom is 0.254 e. The topological polar surface area (TPSA) is 57.8 Å². The van der Waals surface area contributed by atoms with Crippen LogP contribution in [0.3, 0.4) is 0 Å². The Morgan fingerprint density at radius 3 is 3.13 bits per heavy atom. The van der Waals surface area contributed by atoms with E-state index >= 15 is 0 Å². The van der Waals surface area contributed by atoms with E-state index in [1.165, 1.54) is 6.20 Å². The molecule has 1 amide bonds. The second-order valence-corrected chi connectivity index (χ2v) is 4.72. The van der Waals surface area contributed by atoms with Crippen LogP contribution in [0, 0.1) is 0 Å². The smallest absolute Gasteiger partial charge is 0.254 e. The highest BCUT2D eigenvalue weighted by Crippen LogP contribution is 2.22. The largest absolute Gasteiger partial charge is 0.347 e. The van der Waals surface area contributed by atoms with Crippen LogP contribution in [0.25, 0.3) is 0 Å². The summed E-state index contributed by atoms with van der Waals surface area (Å²) in [5.74, 6) is -0.121. The van der Waals surface area contributed by atoms with Crippen LogP contribution >= 0.6 is 27.3 Å². The minimum absolute atomic E-state index is 0.121. The molecule has 0 bridgehead atoms. The summed E-state index contributed by atoms with van der Waals surface area (Å²) in [5.41, 5.74) is 0.544. The van der Waals surface area contributed by atoms with Crippen molar-refractivity contribution in [2.45, 2.75) is 6.54 Å². The third kappa shape index (κ3) is 2.45. The lowest BCUT2D eigenvalue weighted by Crippen LogP contribution is -2.21. The lowest BCUT2D eigenvalue weighted by Gasteiger charge is -2.01. The molecule has 0 spiro atoms. The maximum absolute atomic E-state index is 11.5. The monoisotopic (exact) mass is 285 g/mol. The molecule has 0 aromatic carbocycles. The van der Waals surface area contributed by atoms with Crippen molar-refractivity contribution in [1.82, 2.24) is 15.5 Å². The Morgan fingerprint density at radius 1 is 1.67 bits per heavy atom. The van der Waals surface area contributed by atoms with Gasteiger partial charge in [-0.3, -0.25) is 9.89 Å². The van der Waals surface area contributed by atoms with Crippen LogP contribution in [0.15, 0.2) is 28.3 Å². The number of hydrogen-bond acceptors (Lipinski definition) is 3. The second kappa shape index (κ2) is 4.59. The average Bonchev–Trinajstić information content (AvgIpc) is 2.85. The predicted molar refractivity (Wildman–Crippen MR) is 61.8 cm³/mol. The molecule has 0 radical (unpaired) electrons. The van der Waals surface area contributed by atoms with Crippen LogP contribution in [0.1, 0.15) is 15.2 Å². The Kier molecular flexibility index (Phi) is 3.17. The molecule has 0 aliphatic rings. The highest BCUT2D eigenvalue weighted by atomic mass is 79.9. The highest BCUT2D eigenvalue weighted by Gasteiger charge is 2.07. The molecule has 2 heterocycles. The quantitative estimate of drug-likeness (QED) is 0.908. The molecule has 2 aromatic heterocycles. The number of aromatic nitrogens is 2. The molecule has 0 unspecified atom stereocenters. The van der Waals surface area contributed by atoms with Gasteiger partial charge in [-0.2, -0.15) is 5.10 Å². The summed E-state index contributed by atoms with van der Waals surface area (Å²) in [6, 6.07) is 1.96. The van der Waals surface area contributed by atoms with Crippen LogP contribution in [0.4, 0.5) is 0 Å². The van der Waals surface area contributed by atoms with E-state index in [2.05, 4.69) is 31.4 Å². The van der Waals surface area contributed by atoms with Gasteiger partial charge < -0.3 is 5.32 Å². The van der Waals surface area contributed by atoms with Crippen LogP contribution < -0.4 is 5.32 Å². The average molecular weight is 286 g/mol. The van der Waals surface area contributed by atoms with Gasteiger partial charge in [0.1, 0.15) is 0 Å². The summed E-state index contributed by atoms with van der Waals surface area (Å²) in [6.07, 6.45) is 3.07. The van der Waals surface area contributed by atoms with Gasteiger partial charge in [0, 0.05) is 15.5 Å². The fraction of sp³-hybridized carbons (Fsp3) is 0.111. The molecule has 15 heavy (non-hydrogen) atoms. The zero-order valence-electron chi connectivity index (χ0n) is 7.66. The molecular formula is C9H8BrN3OS. The molecular weight excluding hydrogens is 278 g/mol. The summed E-state index contributed by atoms with van der Waals surface area (Å²) in [4.78, 5) is 12.6. The minimum atomic E-state index is -0.121. The molecule has 0 saturated heterocycles. The number of nitrogens with zero attached hydrogens (tertiary/aromatic N) is 1. The van der Waals surface area contributed by atoms with E-state index in [4.69, 9.17) is 0 Å². The molecule has 0 aliphatic carbocycles. The fourth-order valence-electron chi connectivity index (χ4n) is 1.09. The van der Waals surface area contributed by atoms with Gasteiger partial charge in [0.05, 0.1) is 18.3 Å². The number of hydrogen-bond donors (Lipinski definition) is 2. The fourth-order valence-corrected chi connectivity index (χ4v) is 2.52. The van der Waals surface area contributed by atoms with Crippen molar-refractivity contribution >= 4 is 33.2 Å². The zero-order valence-corrected chi connectivity index (χ0v) is 10.1. The van der Waals surface area contributed by atoms with E-state index in [1.54, 1.807) is 17.5 Å². The highest BCUT2D eigenvalue weighted by molar-refractivity contribution is 9.10. The number of H-pyrrole nitrogens is 1. The van der Waals surface area contributed by atoms with Crippen molar-refractivity contribution in [1.29, 1.82) is 0 Å². The van der Waals surface area contributed by atoms with Crippen LogP contribution in [-0.2, 0) is 6.54 Å². The van der Waals surface area contributed by atoms with Crippen LogP contribution in [0.5, 0.6) is 0 Å². The third-order valence-corrected chi connectivity index (χ3v) is 3.79. The number of carbonyl (C=O) groups is 1. The van der Waals surface area contributed by atoms with Gasteiger partial charge in [-0.1, -0.05) is 0 Å². The van der Waals surface area contributed by atoms with Crippen molar-refractivity contribution in [2.24, 2.45) is 0 Å².